The molecule has 0 N–H and O–H groups in total. The predicted molar refractivity (Wildman–Crippen MR) is 142 cm³/mol. The molecular weight excluding hydrogens is 428 g/mol. The summed E-state index contributed by atoms with van der Waals surface area (Å²) in [6, 6.07) is 39.9. The third-order valence-electron chi connectivity index (χ3n) is 6.89. The van der Waals surface area contributed by atoms with Crippen LogP contribution in [0.15, 0.2) is 115 Å². The standard InChI is InChI=1S/C32H32N2O/c35-32-31(29-17-8-3-9-18-29)30-19-11-10-16-28(30)20-21-34(32)23-22-33(24-26-12-4-1-5-13-26)25-27-14-6-2-7-15-27/h1-19,31H,20-25H2. The molecule has 0 bridgehead atoms. The fraction of sp³-hybridized carbons (Fsp3) is 0.219. The molecule has 0 radical (unpaired) electrons. The van der Waals surface area contributed by atoms with Crippen molar-refractivity contribution in [3.8, 4) is 0 Å². The van der Waals surface area contributed by atoms with Crippen LogP contribution in [0.5, 0.6) is 0 Å². The average Bonchev–Trinajstić information content (AvgIpc) is 3.05. The van der Waals surface area contributed by atoms with E-state index in [2.05, 4.69) is 107 Å². The Morgan fingerprint density at radius 1 is 0.686 bits per heavy atom. The maximum absolute atomic E-state index is 13.9. The lowest BCUT2D eigenvalue weighted by Crippen LogP contribution is -2.40. The smallest absolute Gasteiger partial charge is 0.234 e. The Labute approximate surface area is 208 Å². The highest BCUT2D eigenvalue weighted by Crippen LogP contribution is 2.32. The van der Waals surface area contributed by atoms with Gasteiger partial charge in [-0.2, -0.15) is 0 Å². The van der Waals surface area contributed by atoms with Crippen molar-refractivity contribution in [2.24, 2.45) is 0 Å². The molecule has 3 nitrogen and oxygen atoms in total. The average molecular weight is 461 g/mol. The molecule has 0 aliphatic carbocycles. The molecule has 5 rings (SSSR count). The van der Waals surface area contributed by atoms with E-state index in [0.29, 0.717) is 0 Å². The van der Waals surface area contributed by atoms with Gasteiger partial charge in [0.2, 0.25) is 5.91 Å². The van der Waals surface area contributed by atoms with Crippen LogP contribution in [-0.4, -0.2) is 35.3 Å². The van der Waals surface area contributed by atoms with Crippen molar-refractivity contribution in [2.45, 2.75) is 25.4 Å². The van der Waals surface area contributed by atoms with Gasteiger partial charge in [-0.15, -0.1) is 0 Å². The summed E-state index contributed by atoms with van der Waals surface area (Å²) < 4.78 is 0. The first-order valence-electron chi connectivity index (χ1n) is 12.5. The van der Waals surface area contributed by atoms with E-state index in [1.54, 1.807) is 0 Å². The molecule has 1 heterocycles. The van der Waals surface area contributed by atoms with E-state index in [9.17, 15) is 4.79 Å². The van der Waals surface area contributed by atoms with Gasteiger partial charge in [0.1, 0.15) is 0 Å². The van der Waals surface area contributed by atoms with Gasteiger partial charge in [-0.3, -0.25) is 9.69 Å². The highest BCUT2D eigenvalue weighted by atomic mass is 16.2. The summed E-state index contributed by atoms with van der Waals surface area (Å²) in [5.74, 6) is -0.0351. The summed E-state index contributed by atoms with van der Waals surface area (Å²) in [5, 5.41) is 0. The third-order valence-corrected chi connectivity index (χ3v) is 6.89. The number of rotatable bonds is 8. The summed E-state index contributed by atoms with van der Waals surface area (Å²) in [5.41, 5.74) is 6.09. The molecule has 1 unspecified atom stereocenters. The Hall–Kier alpha value is -3.69. The van der Waals surface area contributed by atoms with Crippen molar-refractivity contribution >= 4 is 5.91 Å². The van der Waals surface area contributed by atoms with Gasteiger partial charge in [0.05, 0.1) is 5.92 Å². The van der Waals surface area contributed by atoms with Crippen LogP contribution in [0.2, 0.25) is 0 Å². The molecule has 1 aliphatic rings. The minimum absolute atomic E-state index is 0.209. The molecule has 0 saturated carbocycles. The summed E-state index contributed by atoms with van der Waals surface area (Å²) in [4.78, 5) is 18.5. The molecule has 1 amide bonds. The van der Waals surface area contributed by atoms with Crippen molar-refractivity contribution in [3.63, 3.8) is 0 Å². The topological polar surface area (TPSA) is 23.6 Å². The van der Waals surface area contributed by atoms with Crippen molar-refractivity contribution in [2.75, 3.05) is 19.6 Å². The molecule has 176 valence electrons. The summed E-state index contributed by atoms with van der Waals surface area (Å²) in [6.45, 7) is 4.02. The summed E-state index contributed by atoms with van der Waals surface area (Å²) in [7, 11) is 0. The van der Waals surface area contributed by atoms with Gasteiger partial charge in [-0.1, -0.05) is 115 Å². The van der Waals surface area contributed by atoms with Crippen LogP contribution in [0, 0.1) is 0 Å². The first kappa shape index (κ1) is 23.1. The number of amides is 1. The number of benzene rings is 4. The Bertz CT molecular complexity index is 1180. The van der Waals surface area contributed by atoms with Crippen LogP contribution in [0.3, 0.4) is 0 Å². The minimum atomic E-state index is -0.244. The number of carbonyl (C=O) groups is 1. The van der Waals surface area contributed by atoms with E-state index >= 15 is 0 Å². The Kier molecular flexibility index (Phi) is 7.35. The first-order chi connectivity index (χ1) is 17.3. The predicted octanol–water partition coefficient (Wildman–Crippen LogP) is 5.91. The molecule has 4 aromatic rings. The molecule has 0 spiro atoms. The zero-order valence-electron chi connectivity index (χ0n) is 20.1. The lowest BCUT2D eigenvalue weighted by Gasteiger charge is -2.29. The second-order valence-corrected chi connectivity index (χ2v) is 9.30. The van der Waals surface area contributed by atoms with E-state index in [-0.39, 0.29) is 11.8 Å². The molecule has 1 aliphatic heterocycles. The molecule has 0 fully saturated rings. The van der Waals surface area contributed by atoms with Crippen LogP contribution < -0.4 is 0 Å². The van der Waals surface area contributed by atoms with E-state index < -0.39 is 0 Å². The van der Waals surface area contributed by atoms with E-state index in [1.807, 2.05) is 18.2 Å². The molecule has 4 aromatic carbocycles. The highest BCUT2D eigenvalue weighted by Gasteiger charge is 2.32. The van der Waals surface area contributed by atoms with Crippen molar-refractivity contribution < 1.29 is 4.79 Å². The number of nitrogens with zero attached hydrogens (tertiary/aromatic N) is 2. The van der Waals surface area contributed by atoms with Crippen LogP contribution >= 0.6 is 0 Å². The van der Waals surface area contributed by atoms with E-state index in [1.165, 1.54) is 16.7 Å². The molecule has 0 saturated heterocycles. The third kappa shape index (κ3) is 5.70. The molecule has 3 heteroatoms. The fourth-order valence-electron chi connectivity index (χ4n) is 5.07. The fourth-order valence-corrected chi connectivity index (χ4v) is 5.07. The Morgan fingerprint density at radius 2 is 1.23 bits per heavy atom. The quantitative estimate of drug-likeness (QED) is 0.327. The minimum Gasteiger partial charge on any atom is -0.340 e. The van der Waals surface area contributed by atoms with Crippen LogP contribution in [-0.2, 0) is 24.3 Å². The van der Waals surface area contributed by atoms with Crippen molar-refractivity contribution in [1.29, 1.82) is 0 Å². The highest BCUT2D eigenvalue weighted by molar-refractivity contribution is 5.88. The molecule has 1 atom stereocenters. The summed E-state index contributed by atoms with van der Waals surface area (Å²) in [6.07, 6.45) is 0.891. The van der Waals surface area contributed by atoms with E-state index in [0.717, 1.165) is 50.3 Å². The van der Waals surface area contributed by atoms with Crippen molar-refractivity contribution in [3.05, 3.63) is 143 Å². The second kappa shape index (κ2) is 11.2. The monoisotopic (exact) mass is 460 g/mol. The van der Waals surface area contributed by atoms with Crippen LogP contribution in [0.25, 0.3) is 0 Å². The maximum atomic E-state index is 13.9. The van der Waals surface area contributed by atoms with Crippen LogP contribution in [0.4, 0.5) is 0 Å². The lowest BCUT2D eigenvalue weighted by molar-refractivity contribution is -0.131. The van der Waals surface area contributed by atoms with Gasteiger partial charge in [-0.25, -0.2) is 0 Å². The zero-order chi connectivity index (χ0) is 23.9. The molecular formula is C32H32N2O. The van der Waals surface area contributed by atoms with Gasteiger partial charge in [0.25, 0.3) is 0 Å². The maximum Gasteiger partial charge on any atom is 0.234 e. The largest absolute Gasteiger partial charge is 0.340 e. The zero-order valence-corrected chi connectivity index (χ0v) is 20.1. The normalized spacial score (nSPS) is 15.6. The van der Waals surface area contributed by atoms with Gasteiger partial charge in [0, 0.05) is 32.7 Å². The first-order valence-corrected chi connectivity index (χ1v) is 12.5. The van der Waals surface area contributed by atoms with Gasteiger partial charge in [0.15, 0.2) is 0 Å². The lowest BCUT2D eigenvalue weighted by atomic mass is 9.87. The van der Waals surface area contributed by atoms with Gasteiger partial charge >= 0.3 is 0 Å². The SMILES string of the molecule is O=C1C(c2ccccc2)c2ccccc2CCN1CCN(Cc1ccccc1)Cc1ccccc1. The molecule has 0 aromatic heterocycles. The number of carbonyl (C=O) groups excluding carboxylic acids is 1. The Balaban J connectivity index is 1.37. The Morgan fingerprint density at radius 3 is 1.86 bits per heavy atom. The second-order valence-electron chi connectivity index (χ2n) is 9.30. The van der Waals surface area contributed by atoms with Crippen LogP contribution in [0.1, 0.15) is 33.7 Å². The van der Waals surface area contributed by atoms with Gasteiger partial charge < -0.3 is 4.90 Å². The number of fused-ring (bicyclic) bond motifs is 1. The number of hydrogen-bond donors (Lipinski definition) is 0. The van der Waals surface area contributed by atoms with E-state index in [4.69, 9.17) is 0 Å². The van der Waals surface area contributed by atoms with Gasteiger partial charge in [-0.05, 0) is 34.2 Å². The van der Waals surface area contributed by atoms with Crippen molar-refractivity contribution in [1.82, 2.24) is 9.80 Å². The summed E-state index contributed by atoms with van der Waals surface area (Å²) >= 11 is 0. The molecule has 35 heavy (non-hydrogen) atoms. The number of hydrogen-bond acceptors (Lipinski definition) is 2.